The number of carbonyl (C=O) groups is 1. The van der Waals surface area contributed by atoms with Gasteiger partial charge in [0.1, 0.15) is 13.7 Å². The van der Waals surface area contributed by atoms with Gasteiger partial charge in [-0.1, -0.05) is 29.8 Å². The number of amides is 1. The van der Waals surface area contributed by atoms with Crippen LogP contribution in [0.3, 0.4) is 0 Å². The normalized spacial score (nSPS) is 13.7. The molecule has 2 N–H and O–H groups in total. The second-order valence-corrected chi connectivity index (χ2v) is 7.32. The molecule has 1 amide bonds. The Labute approximate surface area is 163 Å². The van der Waals surface area contributed by atoms with Crippen molar-refractivity contribution in [2.24, 2.45) is 5.92 Å². The second kappa shape index (κ2) is 7.60. The van der Waals surface area contributed by atoms with Gasteiger partial charge in [-0.2, -0.15) is 9.61 Å². The predicted molar refractivity (Wildman–Crippen MR) is 110 cm³/mol. The van der Waals surface area contributed by atoms with Crippen LogP contribution in [0.5, 0.6) is 0 Å². The van der Waals surface area contributed by atoms with Crippen molar-refractivity contribution in [2.75, 3.05) is 18.4 Å². The van der Waals surface area contributed by atoms with Crippen LogP contribution in [0.15, 0.2) is 36.5 Å². The summed E-state index contributed by atoms with van der Waals surface area (Å²) in [6, 6.07) is 9.64. The minimum absolute atomic E-state index is 0.185. The van der Waals surface area contributed by atoms with Gasteiger partial charge in [0.2, 0.25) is 5.91 Å². The molecule has 0 saturated heterocycles. The van der Waals surface area contributed by atoms with Gasteiger partial charge in [0.05, 0.1) is 5.69 Å². The molecule has 1 aromatic carbocycles. The summed E-state index contributed by atoms with van der Waals surface area (Å²) in [5.74, 6) is 1.30. The molecule has 8 heteroatoms. The lowest BCUT2D eigenvalue weighted by atomic mass is 10.0. The molecule has 1 aliphatic carbocycles. The van der Waals surface area contributed by atoms with Crippen LogP contribution in [0.2, 0.25) is 5.02 Å². The highest BCUT2D eigenvalue weighted by Crippen LogP contribution is 2.29. The Bertz CT molecular complexity index is 985. The fraction of sp³-hybridized carbons (Fsp3) is 0.316. The molecule has 0 bridgehead atoms. The van der Waals surface area contributed by atoms with Gasteiger partial charge in [-0.05, 0) is 30.8 Å². The molecular weight excluding hydrogens is 361 g/mol. The SMILES string of the molecule is Bc1cnn2c(NCCCNC(=O)C3CC3)cc(-c3ccccc3Cl)nc12. The third-order valence-corrected chi connectivity index (χ3v) is 5.03. The molecule has 0 spiro atoms. The summed E-state index contributed by atoms with van der Waals surface area (Å²) >= 11 is 6.36. The lowest BCUT2D eigenvalue weighted by Crippen LogP contribution is -2.27. The first-order valence-corrected chi connectivity index (χ1v) is 9.63. The van der Waals surface area contributed by atoms with E-state index in [2.05, 4.69) is 15.7 Å². The molecule has 0 aliphatic heterocycles. The summed E-state index contributed by atoms with van der Waals surface area (Å²) in [5.41, 5.74) is 3.50. The van der Waals surface area contributed by atoms with Crippen LogP contribution in [0, 0.1) is 5.92 Å². The van der Waals surface area contributed by atoms with Crippen LogP contribution >= 0.6 is 11.6 Å². The van der Waals surface area contributed by atoms with Crippen LogP contribution in [0.4, 0.5) is 5.82 Å². The van der Waals surface area contributed by atoms with Gasteiger partial charge >= 0.3 is 0 Å². The first kappa shape index (κ1) is 17.9. The summed E-state index contributed by atoms with van der Waals surface area (Å²) in [5, 5.41) is 11.5. The Morgan fingerprint density at radius 1 is 1.30 bits per heavy atom. The predicted octanol–water partition coefficient (Wildman–Crippen LogP) is 1.64. The molecule has 1 saturated carbocycles. The fourth-order valence-electron chi connectivity index (χ4n) is 3.01. The van der Waals surface area contributed by atoms with Crippen LogP contribution in [0.25, 0.3) is 16.9 Å². The number of benzene rings is 1. The lowest BCUT2D eigenvalue weighted by molar-refractivity contribution is -0.122. The number of aromatic nitrogens is 3. The zero-order valence-electron chi connectivity index (χ0n) is 15.2. The molecule has 1 aliphatic rings. The molecule has 138 valence electrons. The number of hydrogen-bond donors (Lipinski definition) is 2. The van der Waals surface area contributed by atoms with Crippen LogP contribution in [0.1, 0.15) is 19.3 Å². The van der Waals surface area contributed by atoms with E-state index < -0.39 is 0 Å². The molecule has 27 heavy (non-hydrogen) atoms. The van der Waals surface area contributed by atoms with E-state index in [9.17, 15) is 4.79 Å². The maximum absolute atomic E-state index is 11.7. The van der Waals surface area contributed by atoms with Crippen LogP contribution in [-0.2, 0) is 4.79 Å². The van der Waals surface area contributed by atoms with Gasteiger partial charge in [0.15, 0.2) is 5.65 Å². The molecule has 0 unspecified atom stereocenters. The van der Waals surface area contributed by atoms with Crippen molar-refractivity contribution in [2.45, 2.75) is 19.3 Å². The highest BCUT2D eigenvalue weighted by atomic mass is 35.5. The van der Waals surface area contributed by atoms with E-state index in [0.29, 0.717) is 11.6 Å². The quantitative estimate of drug-likeness (QED) is 0.482. The van der Waals surface area contributed by atoms with E-state index in [1.165, 1.54) is 0 Å². The van der Waals surface area contributed by atoms with Crippen molar-refractivity contribution >= 4 is 42.3 Å². The van der Waals surface area contributed by atoms with E-state index in [0.717, 1.165) is 54.0 Å². The molecular formula is C19H21BClN5O. The van der Waals surface area contributed by atoms with Gasteiger partial charge in [0.25, 0.3) is 0 Å². The van der Waals surface area contributed by atoms with E-state index in [-0.39, 0.29) is 11.8 Å². The van der Waals surface area contributed by atoms with Crippen molar-refractivity contribution in [3.05, 3.63) is 41.6 Å². The molecule has 0 atom stereocenters. The Morgan fingerprint density at radius 2 is 2.11 bits per heavy atom. The van der Waals surface area contributed by atoms with Crippen molar-refractivity contribution in [3.8, 4) is 11.3 Å². The van der Waals surface area contributed by atoms with Crippen molar-refractivity contribution in [3.63, 3.8) is 0 Å². The molecule has 1 fully saturated rings. The van der Waals surface area contributed by atoms with Gasteiger partial charge < -0.3 is 10.6 Å². The molecule has 2 heterocycles. The molecule has 6 nitrogen and oxygen atoms in total. The monoisotopic (exact) mass is 381 g/mol. The third-order valence-electron chi connectivity index (χ3n) is 4.71. The Morgan fingerprint density at radius 3 is 2.89 bits per heavy atom. The van der Waals surface area contributed by atoms with E-state index >= 15 is 0 Å². The number of carbonyl (C=O) groups excluding carboxylic acids is 1. The number of halogens is 1. The number of anilines is 1. The zero-order chi connectivity index (χ0) is 18.8. The van der Waals surface area contributed by atoms with Crippen molar-refractivity contribution in [1.29, 1.82) is 0 Å². The van der Waals surface area contributed by atoms with E-state index in [1.807, 2.05) is 38.2 Å². The topological polar surface area (TPSA) is 71.3 Å². The van der Waals surface area contributed by atoms with Gasteiger partial charge in [-0.3, -0.25) is 4.79 Å². The summed E-state index contributed by atoms with van der Waals surface area (Å²) in [6.45, 7) is 1.40. The summed E-state index contributed by atoms with van der Waals surface area (Å²) < 4.78 is 1.80. The number of rotatable bonds is 7. The van der Waals surface area contributed by atoms with Gasteiger partial charge in [0, 0.05) is 41.9 Å². The summed E-state index contributed by atoms with van der Waals surface area (Å²) in [6.07, 6.45) is 4.70. The first-order valence-electron chi connectivity index (χ1n) is 9.25. The Kier molecular flexibility index (Phi) is 5.03. The number of nitrogens with one attached hydrogen (secondary N) is 2. The summed E-state index contributed by atoms with van der Waals surface area (Å²) in [7, 11) is 1.99. The molecule has 3 aromatic rings. The van der Waals surface area contributed by atoms with Crippen LogP contribution < -0.4 is 16.1 Å². The molecule has 0 radical (unpaired) electrons. The van der Waals surface area contributed by atoms with Crippen molar-refractivity contribution in [1.82, 2.24) is 19.9 Å². The highest BCUT2D eigenvalue weighted by molar-refractivity contribution is 6.36. The number of hydrogen-bond acceptors (Lipinski definition) is 4. The van der Waals surface area contributed by atoms with Crippen molar-refractivity contribution < 1.29 is 4.79 Å². The highest BCUT2D eigenvalue weighted by Gasteiger charge is 2.28. The average Bonchev–Trinajstić information content (AvgIpc) is 3.45. The number of fused-ring (bicyclic) bond motifs is 1. The Hall–Kier alpha value is -2.54. The standard InChI is InChI=1S/C19H21BClN5O/c20-14-11-24-26-17(22-8-3-9-23-19(27)12-6-7-12)10-16(25-18(14)26)13-4-1-2-5-15(13)21/h1-2,4-5,10-12,22H,3,6-9,20H2,(H,23,27). The first-order chi connectivity index (χ1) is 13.1. The average molecular weight is 382 g/mol. The molecule has 2 aromatic heterocycles. The minimum Gasteiger partial charge on any atom is -0.370 e. The maximum atomic E-state index is 11.7. The largest absolute Gasteiger partial charge is 0.370 e. The zero-order valence-corrected chi connectivity index (χ0v) is 16.0. The third kappa shape index (κ3) is 3.93. The fourth-order valence-corrected chi connectivity index (χ4v) is 3.24. The minimum atomic E-state index is 0.185. The second-order valence-electron chi connectivity index (χ2n) is 6.92. The van der Waals surface area contributed by atoms with E-state index in [1.54, 1.807) is 10.7 Å². The Balaban J connectivity index is 1.50. The maximum Gasteiger partial charge on any atom is 0.223 e. The van der Waals surface area contributed by atoms with Gasteiger partial charge in [-0.25, -0.2) is 4.98 Å². The van der Waals surface area contributed by atoms with E-state index in [4.69, 9.17) is 16.6 Å². The lowest BCUT2D eigenvalue weighted by Gasteiger charge is -2.12. The molecule has 4 rings (SSSR count). The van der Waals surface area contributed by atoms with Crippen LogP contribution in [-0.4, -0.2) is 41.4 Å². The van der Waals surface area contributed by atoms with Gasteiger partial charge in [-0.15, -0.1) is 0 Å². The summed E-state index contributed by atoms with van der Waals surface area (Å²) in [4.78, 5) is 16.4. The smallest absolute Gasteiger partial charge is 0.223 e. The number of nitrogens with zero attached hydrogens (tertiary/aromatic N) is 3.